The lowest BCUT2D eigenvalue weighted by Gasteiger charge is -2.29. The smallest absolute Gasteiger partial charge is 0.194 e. The van der Waals surface area contributed by atoms with Gasteiger partial charge < -0.3 is 19.6 Å². The number of nitrogens with zero attached hydrogens (tertiary/aromatic N) is 4. The van der Waals surface area contributed by atoms with Crippen LogP contribution >= 0.6 is 24.0 Å². The Bertz CT molecular complexity index is 556. The molecule has 1 aromatic rings. The van der Waals surface area contributed by atoms with Crippen molar-refractivity contribution < 1.29 is 4.52 Å². The lowest BCUT2D eigenvalue weighted by molar-refractivity contribution is 0.198. The van der Waals surface area contributed by atoms with E-state index < -0.39 is 0 Å². The first-order chi connectivity index (χ1) is 12.3. The summed E-state index contributed by atoms with van der Waals surface area (Å²) in [6.07, 6.45) is 6.32. The number of hydrogen-bond acceptors (Lipinski definition) is 4. The monoisotopic (exact) mass is 475 g/mol. The molecule has 2 saturated heterocycles. The second kappa shape index (κ2) is 11.1. The molecule has 7 heteroatoms. The fourth-order valence-electron chi connectivity index (χ4n) is 3.86. The van der Waals surface area contributed by atoms with Gasteiger partial charge in [-0.2, -0.15) is 0 Å². The van der Waals surface area contributed by atoms with E-state index in [-0.39, 0.29) is 24.0 Å². The summed E-state index contributed by atoms with van der Waals surface area (Å²) in [5.41, 5.74) is 0.998. The van der Waals surface area contributed by atoms with Gasteiger partial charge in [0.2, 0.25) is 0 Å². The first-order valence-electron chi connectivity index (χ1n) is 9.98. The van der Waals surface area contributed by atoms with Gasteiger partial charge in [-0.05, 0) is 51.6 Å². The minimum atomic E-state index is 0. The summed E-state index contributed by atoms with van der Waals surface area (Å²) < 4.78 is 5.36. The topological polar surface area (TPSA) is 56.9 Å². The van der Waals surface area contributed by atoms with Crippen LogP contribution in [0.15, 0.2) is 15.6 Å². The predicted octanol–water partition coefficient (Wildman–Crippen LogP) is 3.13. The number of hydrogen-bond donors (Lipinski definition) is 1. The molecule has 3 rings (SSSR count). The average molecular weight is 475 g/mol. The molecule has 0 spiro atoms. The van der Waals surface area contributed by atoms with Gasteiger partial charge in [-0.25, -0.2) is 4.99 Å². The van der Waals surface area contributed by atoms with Gasteiger partial charge in [0.25, 0.3) is 0 Å². The Kier molecular flexibility index (Phi) is 9.18. The third-order valence-corrected chi connectivity index (χ3v) is 5.24. The summed E-state index contributed by atoms with van der Waals surface area (Å²) in [4.78, 5) is 9.85. The largest absolute Gasteiger partial charge is 0.359 e. The molecule has 1 N–H and O–H groups in total. The van der Waals surface area contributed by atoms with Crippen molar-refractivity contribution in [1.29, 1.82) is 0 Å². The van der Waals surface area contributed by atoms with Crippen LogP contribution in [-0.4, -0.2) is 60.2 Å². The van der Waals surface area contributed by atoms with Crippen LogP contribution in [0.25, 0.3) is 0 Å². The van der Waals surface area contributed by atoms with Gasteiger partial charge in [-0.3, -0.25) is 0 Å². The fraction of sp³-hybridized carbons (Fsp3) is 0.789. The summed E-state index contributed by atoms with van der Waals surface area (Å²) in [7, 11) is 0. The highest BCUT2D eigenvalue weighted by Gasteiger charge is 2.27. The first-order valence-corrected chi connectivity index (χ1v) is 9.98. The fourth-order valence-corrected chi connectivity index (χ4v) is 3.86. The Hall–Kier alpha value is -0.830. The van der Waals surface area contributed by atoms with Crippen LogP contribution in [0.4, 0.5) is 0 Å². The minimum absolute atomic E-state index is 0. The van der Waals surface area contributed by atoms with Crippen LogP contribution in [-0.2, 0) is 13.0 Å². The molecule has 6 nitrogen and oxygen atoms in total. The normalized spacial score (nSPS) is 21.7. The second-order valence-corrected chi connectivity index (χ2v) is 7.27. The van der Waals surface area contributed by atoms with Crippen LogP contribution < -0.4 is 5.32 Å². The van der Waals surface area contributed by atoms with Gasteiger partial charge in [0.15, 0.2) is 11.7 Å². The molecule has 0 amide bonds. The number of rotatable bonds is 6. The maximum atomic E-state index is 5.36. The van der Waals surface area contributed by atoms with E-state index in [2.05, 4.69) is 34.1 Å². The van der Waals surface area contributed by atoms with E-state index in [1.54, 1.807) is 0 Å². The molecule has 1 aromatic heterocycles. The van der Waals surface area contributed by atoms with Gasteiger partial charge in [0.1, 0.15) is 6.54 Å². The summed E-state index contributed by atoms with van der Waals surface area (Å²) in [5, 5.41) is 7.49. The van der Waals surface area contributed by atoms with Crippen molar-refractivity contribution in [3.05, 3.63) is 17.5 Å². The number of aryl methyl sites for hydroxylation is 1. The lowest BCUT2D eigenvalue weighted by atomic mass is 10.1. The predicted molar refractivity (Wildman–Crippen MR) is 116 cm³/mol. The van der Waals surface area contributed by atoms with E-state index in [4.69, 9.17) is 9.52 Å². The maximum absolute atomic E-state index is 5.36. The highest BCUT2D eigenvalue weighted by molar-refractivity contribution is 14.0. The Labute approximate surface area is 174 Å². The molecule has 0 aliphatic carbocycles. The number of halogens is 1. The van der Waals surface area contributed by atoms with Crippen LogP contribution in [0, 0.1) is 5.92 Å². The zero-order valence-corrected chi connectivity index (χ0v) is 18.6. The number of nitrogens with one attached hydrogen (secondary N) is 1. The van der Waals surface area contributed by atoms with E-state index in [0.717, 1.165) is 49.4 Å². The number of guanidine groups is 1. The molecule has 0 bridgehead atoms. The van der Waals surface area contributed by atoms with Gasteiger partial charge in [-0.15, -0.1) is 24.0 Å². The van der Waals surface area contributed by atoms with Crippen LogP contribution in [0.1, 0.15) is 51.0 Å². The van der Waals surface area contributed by atoms with Crippen molar-refractivity contribution in [2.45, 2.75) is 52.5 Å². The molecular weight excluding hydrogens is 441 g/mol. The zero-order valence-electron chi connectivity index (χ0n) is 16.2. The molecule has 0 saturated carbocycles. The number of aromatic nitrogens is 1. The van der Waals surface area contributed by atoms with Crippen LogP contribution in [0.5, 0.6) is 0 Å². The van der Waals surface area contributed by atoms with E-state index in [9.17, 15) is 0 Å². The molecular formula is C19H34IN5O. The van der Waals surface area contributed by atoms with Gasteiger partial charge >= 0.3 is 0 Å². The van der Waals surface area contributed by atoms with E-state index in [1.165, 1.54) is 45.3 Å². The summed E-state index contributed by atoms with van der Waals surface area (Å²) in [6, 6.07) is 2.01. The Morgan fingerprint density at radius 2 is 2.08 bits per heavy atom. The molecule has 2 aliphatic heterocycles. The molecule has 3 heterocycles. The maximum Gasteiger partial charge on any atom is 0.194 e. The molecule has 2 fully saturated rings. The van der Waals surface area contributed by atoms with E-state index in [0.29, 0.717) is 6.54 Å². The van der Waals surface area contributed by atoms with E-state index in [1.807, 2.05) is 6.07 Å². The molecule has 0 radical (unpaired) electrons. The highest BCUT2D eigenvalue weighted by Crippen LogP contribution is 2.20. The zero-order chi connectivity index (χ0) is 17.5. The van der Waals surface area contributed by atoms with Gasteiger partial charge in [-0.1, -0.05) is 18.5 Å². The molecule has 0 aromatic carbocycles. The molecule has 2 aliphatic rings. The standard InChI is InChI=1S/C19H33N5O.HI/c1-3-17-12-18(25-22-17)13-21-19(20-4-2)24-11-8-16(15-24)14-23-9-6-5-7-10-23;/h12,16H,3-11,13-15H2,1-2H3,(H,20,21);1H. The Balaban J connectivity index is 0.00000243. The van der Waals surface area contributed by atoms with Gasteiger partial charge in [0.05, 0.1) is 5.69 Å². The van der Waals surface area contributed by atoms with Crippen molar-refractivity contribution >= 4 is 29.9 Å². The highest BCUT2D eigenvalue weighted by atomic mass is 127. The SMILES string of the molecule is CCNC(=NCc1cc(CC)no1)N1CCC(CN2CCCCC2)C1.I. The van der Waals surface area contributed by atoms with Crippen molar-refractivity contribution in [3.8, 4) is 0 Å². The first kappa shape index (κ1) is 21.5. The lowest BCUT2D eigenvalue weighted by Crippen LogP contribution is -2.41. The van der Waals surface area contributed by atoms with Crippen molar-refractivity contribution in [3.63, 3.8) is 0 Å². The van der Waals surface area contributed by atoms with Crippen molar-refractivity contribution in [2.75, 3.05) is 39.3 Å². The molecule has 1 unspecified atom stereocenters. The van der Waals surface area contributed by atoms with E-state index >= 15 is 0 Å². The Morgan fingerprint density at radius 3 is 2.77 bits per heavy atom. The second-order valence-electron chi connectivity index (χ2n) is 7.27. The van der Waals surface area contributed by atoms with Crippen LogP contribution in [0.3, 0.4) is 0 Å². The summed E-state index contributed by atoms with van der Waals surface area (Å²) in [6.45, 7) is 11.7. The quantitative estimate of drug-likeness (QED) is 0.389. The summed E-state index contributed by atoms with van der Waals surface area (Å²) in [5.74, 6) is 2.62. The average Bonchev–Trinajstić information content (AvgIpc) is 3.29. The summed E-state index contributed by atoms with van der Waals surface area (Å²) >= 11 is 0. The van der Waals surface area contributed by atoms with Gasteiger partial charge in [0, 0.05) is 32.2 Å². The number of likely N-dealkylation sites (tertiary alicyclic amines) is 2. The number of aliphatic imine (C=N–C) groups is 1. The third kappa shape index (κ3) is 6.11. The van der Waals surface area contributed by atoms with Crippen LogP contribution in [0.2, 0.25) is 0 Å². The molecule has 26 heavy (non-hydrogen) atoms. The molecule has 148 valence electrons. The Morgan fingerprint density at radius 1 is 1.27 bits per heavy atom. The van der Waals surface area contributed by atoms with Crippen molar-refractivity contribution in [1.82, 2.24) is 20.3 Å². The minimum Gasteiger partial charge on any atom is -0.359 e. The number of piperidine rings is 1. The van der Waals surface area contributed by atoms with Crippen molar-refractivity contribution in [2.24, 2.45) is 10.9 Å². The third-order valence-electron chi connectivity index (χ3n) is 5.24. The molecule has 1 atom stereocenters.